The van der Waals surface area contributed by atoms with E-state index >= 15 is 0 Å². The smallest absolute Gasteiger partial charge is 0.251 e. The predicted octanol–water partition coefficient (Wildman–Crippen LogP) is 2.44. The number of fused-ring (bicyclic) bond motifs is 1. The molecule has 2 N–H and O–H groups in total. The Labute approximate surface area is 132 Å². The van der Waals surface area contributed by atoms with Crippen LogP contribution in [0.5, 0.6) is 0 Å². The van der Waals surface area contributed by atoms with E-state index in [1.54, 1.807) is 24.5 Å². The van der Waals surface area contributed by atoms with Crippen molar-refractivity contribution in [2.24, 2.45) is 0 Å². The van der Waals surface area contributed by atoms with Crippen molar-refractivity contribution in [2.75, 3.05) is 5.32 Å². The van der Waals surface area contributed by atoms with Crippen LogP contribution in [-0.2, 0) is 11.3 Å². The number of anilines is 1. The van der Waals surface area contributed by atoms with Gasteiger partial charge in [0.15, 0.2) is 0 Å². The average molecular weight is 313 g/mol. The van der Waals surface area contributed by atoms with Gasteiger partial charge in [-0.05, 0) is 36.8 Å². The fraction of sp³-hybridized carbons (Fsp3) is 0.188. The summed E-state index contributed by atoms with van der Waals surface area (Å²) in [5.74, 6) is -0.213. The summed E-state index contributed by atoms with van der Waals surface area (Å²) in [4.78, 5) is 28.9. The van der Waals surface area contributed by atoms with Crippen molar-refractivity contribution >= 4 is 29.3 Å². The molecule has 0 bridgehead atoms. The summed E-state index contributed by atoms with van der Waals surface area (Å²) in [6, 6.07) is 9.08. The van der Waals surface area contributed by atoms with E-state index in [0.717, 1.165) is 10.5 Å². The molecule has 2 amide bonds. The third kappa shape index (κ3) is 3.12. The Bertz CT molecular complexity index is 719. The van der Waals surface area contributed by atoms with Crippen molar-refractivity contribution in [2.45, 2.75) is 23.6 Å². The minimum atomic E-state index is -0.176. The Morgan fingerprint density at radius 1 is 1.41 bits per heavy atom. The van der Waals surface area contributed by atoms with Gasteiger partial charge < -0.3 is 10.6 Å². The lowest BCUT2D eigenvalue weighted by atomic mass is 10.1. The summed E-state index contributed by atoms with van der Waals surface area (Å²) in [5.41, 5.74) is 2.16. The molecule has 2 aromatic rings. The number of nitrogens with zero attached hydrogens (tertiary/aromatic N) is 1. The van der Waals surface area contributed by atoms with Crippen LogP contribution >= 0.6 is 11.8 Å². The molecule has 22 heavy (non-hydrogen) atoms. The number of carbonyl (C=O) groups is 2. The van der Waals surface area contributed by atoms with Crippen LogP contribution in [0.2, 0.25) is 0 Å². The molecule has 1 aliphatic heterocycles. The highest BCUT2D eigenvalue weighted by Crippen LogP contribution is 2.35. The maximum absolute atomic E-state index is 12.2. The number of benzene rings is 1. The standard InChI is InChI=1S/C16H15N3O2S/c1-10-15(20)19-13-7-12(4-5-14(13)22-10)16(21)18-9-11-3-2-6-17-8-11/h2-8,10H,9H2,1H3,(H,18,21)(H,19,20). The molecule has 1 atom stereocenters. The van der Waals surface area contributed by atoms with Crippen LogP contribution in [0, 0.1) is 0 Å². The highest BCUT2D eigenvalue weighted by Gasteiger charge is 2.23. The SMILES string of the molecule is CC1Sc2ccc(C(=O)NCc3cccnc3)cc2NC1=O. The van der Waals surface area contributed by atoms with E-state index in [2.05, 4.69) is 15.6 Å². The Balaban J connectivity index is 1.71. The molecule has 5 nitrogen and oxygen atoms in total. The Morgan fingerprint density at radius 3 is 3.05 bits per heavy atom. The molecule has 0 aliphatic carbocycles. The largest absolute Gasteiger partial charge is 0.348 e. The number of aromatic nitrogens is 1. The van der Waals surface area contributed by atoms with Crippen molar-refractivity contribution < 1.29 is 9.59 Å². The quantitative estimate of drug-likeness (QED) is 0.913. The monoisotopic (exact) mass is 313 g/mol. The number of nitrogens with one attached hydrogen (secondary N) is 2. The fourth-order valence-corrected chi connectivity index (χ4v) is 3.07. The molecular formula is C16H15N3O2S. The highest BCUT2D eigenvalue weighted by molar-refractivity contribution is 8.00. The van der Waals surface area contributed by atoms with Crippen molar-refractivity contribution in [1.82, 2.24) is 10.3 Å². The van der Waals surface area contributed by atoms with Crippen LogP contribution in [0.25, 0.3) is 0 Å². The van der Waals surface area contributed by atoms with E-state index in [0.29, 0.717) is 17.8 Å². The molecule has 0 spiro atoms. The van der Waals surface area contributed by atoms with Crippen LogP contribution < -0.4 is 10.6 Å². The molecule has 6 heteroatoms. The average Bonchev–Trinajstić information content (AvgIpc) is 2.54. The zero-order valence-electron chi connectivity index (χ0n) is 12.0. The Hall–Kier alpha value is -2.34. The van der Waals surface area contributed by atoms with Gasteiger partial charge >= 0.3 is 0 Å². The van der Waals surface area contributed by atoms with Crippen molar-refractivity contribution in [3.63, 3.8) is 0 Å². The summed E-state index contributed by atoms with van der Waals surface area (Å²) < 4.78 is 0. The van der Waals surface area contributed by atoms with Crippen LogP contribution in [-0.4, -0.2) is 22.0 Å². The number of pyridine rings is 1. The second kappa shape index (κ2) is 6.19. The Kier molecular flexibility index (Phi) is 4.11. The first-order valence-electron chi connectivity index (χ1n) is 6.92. The van der Waals surface area contributed by atoms with E-state index in [-0.39, 0.29) is 17.1 Å². The summed E-state index contributed by atoms with van der Waals surface area (Å²) >= 11 is 1.50. The minimum Gasteiger partial charge on any atom is -0.348 e. The summed E-state index contributed by atoms with van der Waals surface area (Å²) in [5, 5.41) is 5.56. The molecule has 0 saturated carbocycles. The van der Waals surface area contributed by atoms with Gasteiger partial charge in [-0.3, -0.25) is 14.6 Å². The zero-order chi connectivity index (χ0) is 15.5. The summed E-state index contributed by atoms with van der Waals surface area (Å²) in [6.45, 7) is 2.28. The van der Waals surface area contributed by atoms with Crippen LogP contribution in [0.15, 0.2) is 47.6 Å². The molecule has 3 rings (SSSR count). The molecule has 1 aliphatic rings. The van der Waals surface area contributed by atoms with Crippen LogP contribution in [0.4, 0.5) is 5.69 Å². The lowest BCUT2D eigenvalue weighted by Crippen LogP contribution is -2.27. The summed E-state index contributed by atoms with van der Waals surface area (Å²) in [6.07, 6.45) is 3.40. The van der Waals surface area contributed by atoms with Gasteiger partial charge in [-0.2, -0.15) is 0 Å². The third-order valence-corrected chi connectivity index (χ3v) is 4.53. The third-order valence-electron chi connectivity index (χ3n) is 3.35. The van der Waals surface area contributed by atoms with Crippen LogP contribution in [0.1, 0.15) is 22.8 Å². The molecule has 0 fully saturated rings. The normalized spacial score (nSPS) is 16.6. The Morgan fingerprint density at radius 2 is 2.27 bits per heavy atom. The number of carbonyl (C=O) groups excluding carboxylic acids is 2. The molecule has 112 valence electrons. The van der Waals surface area contributed by atoms with Gasteiger partial charge in [0.2, 0.25) is 5.91 Å². The predicted molar refractivity (Wildman–Crippen MR) is 85.8 cm³/mol. The molecular weight excluding hydrogens is 298 g/mol. The van der Waals surface area contributed by atoms with Gasteiger partial charge in [0.05, 0.1) is 10.9 Å². The highest BCUT2D eigenvalue weighted by atomic mass is 32.2. The van der Waals surface area contributed by atoms with Gasteiger partial charge in [-0.15, -0.1) is 11.8 Å². The number of hydrogen-bond acceptors (Lipinski definition) is 4. The molecule has 1 aromatic carbocycles. The second-order valence-electron chi connectivity index (χ2n) is 5.00. The lowest BCUT2D eigenvalue weighted by molar-refractivity contribution is -0.115. The maximum Gasteiger partial charge on any atom is 0.251 e. The first-order valence-corrected chi connectivity index (χ1v) is 7.80. The van der Waals surface area contributed by atoms with Gasteiger partial charge in [0.25, 0.3) is 5.91 Å². The topological polar surface area (TPSA) is 71.1 Å². The number of amides is 2. The minimum absolute atomic E-state index is 0.0366. The molecule has 2 heterocycles. The van der Waals surface area contributed by atoms with Crippen molar-refractivity contribution in [1.29, 1.82) is 0 Å². The fourth-order valence-electron chi connectivity index (χ4n) is 2.14. The number of hydrogen-bond donors (Lipinski definition) is 2. The first kappa shape index (κ1) is 14.6. The zero-order valence-corrected chi connectivity index (χ0v) is 12.8. The van der Waals surface area contributed by atoms with E-state index in [1.165, 1.54) is 11.8 Å². The first-order chi connectivity index (χ1) is 10.6. The number of thioether (sulfide) groups is 1. The van der Waals surface area contributed by atoms with Crippen molar-refractivity contribution in [3.8, 4) is 0 Å². The van der Waals surface area contributed by atoms with E-state index in [9.17, 15) is 9.59 Å². The van der Waals surface area contributed by atoms with E-state index < -0.39 is 0 Å². The van der Waals surface area contributed by atoms with Crippen molar-refractivity contribution in [3.05, 3.63) is 53.9 Å². The van der Waals surface area contributed by atoms with Gasteiger partial charge in [0, 0.05) is 29.4 Å². The molecule has 0 radical (unpaired) electrons. The second-order valence-corrected chi connectivity index (χ2v) is 6.39. The van der Waals surface area contributed by atoms with Gasteiger partial charge in [-0.1, -0.05) is 6.07 Å². The van der Waals surface area contributed by atoms with E-state index in [4.69, 9.17) is 0 Å². The molecule has 0 saturated heterocycles. The molecule has 1 aromatic heterocycles. The number of rotatable bonds is 3. The van der Waals surface area contributed by atoms with Crippen LogP contribution in [0.3, 0.4) is 0 Å². The summed E-state index contributed by atoms with van der Waals surface area (Å²) in [7, 11) is 0. The maximum atomic E-state index is 12.2. The van der Waals surface area contributed by atoms with Gasteiger partial charge in [-0.25, -0.2) is 0 Å². The lowest BCUT2D eigenvalue weighted by Gasteiger charge is -2.21. The van der Waals surface area contributed by atoms with Gasteiger partial charge in [0.1, 0.15) is 0 Å². The van der Waals surface area contributed by atoms with E-state index in [1.807, 2.05) is 25.1 Å². The molecule has 1 unspecified atom stereocenters.